The van der Waals surface area contributed by atoms with Crippen LogP contribution in [0, 0.1) is 0 Å². The lowest BCUT2D eigenvalue weighted by Crippen LogP contribution is -2.42. The highest BCUT2D eigenvalue weighted by molar-refractivity contribution is 5.95. The van der Waals surface area contributed by atoms with Gasteiger partial charge in [-0.3, -0.25) is 14.8 Å². The van der Waals surface area contributed by atoms with Gasteiger partial charge >= 0.3 is 0 Å². The second-order valence-electron chi connectivity index (χ2n) is 8.01. The van der Waals surface area contributed by atoms with Crippen LogP contribution >= 0.6 is 0 Å². The Morgan fingerprint density at radius 1 is 1.31 bits per heavy atom. The Hall–Kier alpha value is -2.38. The van der Waals surface area contributed by atoms with E-state index in [0.29, 0.717) is 38.0 Å². The van der Waals surface area contributed by atoms with E-state index >= 15 is 0 Å². The van der Waals surface area contributed by atoms with Crippen LogP contribution in [0.5, 0.6) is 5.75 Å². The van der Waals surface area contributed by atoms with E-state index in [4.69, 9.17) is 4.74 Å². The average Bonchev–Trinajstić information content (AvgIpc) is 3.11. The van der Waals surface area contributed by atoms with E-state index in [0.717, 1.165) is 30.8 Å². The van der Waals surface area contributed by atoms with E-state index in [1.54, 1.807) is 13.3 Å². The van der Waals surface area contributed by atoms with E-state index < -0.39 is 5.60 Å². The van der Waals surface area contributed by atoms with Crippen LogP contribution in [0.1, 0.15) is 47.8 Å². The third-order valence-corrected chi connectivity index (χ3v) is 5.68. The molecule has 2 heterocycles. The minimum absolute atomic E-state index is 0.00596. The number of aryl methyl sites for hydroxylation is 1. The van der Waals surface area contributed by atoms with Gasteiger partial charge in [-0.25, -0.2) is 0 Å². The molecule has 0 unspecified atom stereocenters. The summed E-state index contributed by atoms with van der Waals surface area (Å²) < 4.78 is 5.20. The smallest absolute Gasteiger partial charge is 0.257 e. The molecule has 2 aromatic rings. The van der Waals surface area contributed by atoms with Crippen molar-refractivity contribution in [2.45, 2.75) is 44.8 Å². The van der Waals surface area contributed by atoms with Crippen molar-refractivity contribution in [2.75, 3.05) is 33.8 Å². The van der Waals surface area contributed by atoms with Gasteiger partial charge in [-0.05, 0) is 50.4 Å². The van der Waals surface area contributed by atoms with Gasteiger partial charge in [-0.2, -0.15) is 5.10 Å². The first-order valence-corrected chi connectivity index (χ1v) is 10.3. The highest BCUT2D eigenvalue weighted by atomic mass is 16.5. The SMILES string of the molecule is CCc1[nH]ncc1C(=O)N1CCC[C@@](O)(CN(C)Cc2ccc(OC)cc2)CC1. The quantitative estimate of drug-likeness (QED) is 0.746. The zero-order valence-corrected chi connectivity index (χ0v) is 17.6. The molecule has 1 aromatic carbocycles. The number of likely N-dealkylation sites (N-methyl/N-ethyl adjacent to an activating group) is 1. The zero-order chi connectivity index (χ0) is 20.9. The molecule has 1 aliphatic rings. The Labute approximate surface area is 172 Å². The fraction of sp³-hybridized carbons (Fsp3) is 0.545. The molecule has 0 bridgehead atoms. The Bertz CT molecular complexity index is 805. The fourth-order valence-corrected chi connectivity index (χ4v) is 4.08. The highest BCUT2D eigenvalue weighted by Crippen LogP contribution is 2.25. The summed E-state index contributed by atoms with van der Waals surface area (Å²) in [4.78, 5) is 16.9. The van der Waals surface area contributed by atoms with Crippen LogP contribution in [0.3, 0.4) is 0 Å². The first-order chi connectivity index (χ1) is 13.9. The van der Waals surface area contributed by atoms with Gasteiger partial charge in [0.25, 0.3) is 5.91 Å². The summed E-state index contributed by atoms with van der Waals surface area (Å²) in [6.07, 6.45) is 4.41. The first-order valence-electron chi connectivity index (χ1n) is 10.3. The molecule has 1 fully saturated rings. The van der Waals surface area contributed by atoms with Crippen LogP contribution < -0.4 is 4.74 Å². The summed E-state index contributed by atoms with van der Waals surface area (Å²) in [5.41, 5.74) is 1.90. The number of hydrogen-bond acceptors (Lipinski definition) is 5. The Morgan fingerprint density at radius 3 is 2.76 bits per heavy atom. The number of carbonyl (C=O) groups is 1. The molecule has 1 amide bonds. The Morgan fingerprint density at radius 2 is 2.07 bits per heavy atom. The molecule has 0 aliphatic carbocycles. The summed E-state index contributed by atoms with van der Waals surface area (Å²) in [5.74, 6) is 0.846. The molecule has 7 heteroatoms. The van der Waals surface area contributed by atoms with Gasteiger partial charge in [-0.1, -0.05) is 19.1 Å². The summed E-state index contributed by atoms with van der Waals surface area (Å²) in [5, 5.41) is 18.1. The summed E-state index contributed by atoms with van der Waals surface area (Å²) >= 11 is 0. The third-order valence-electron chi connectivity index (χ3n) is 5.68. The molecule has 7 nitrogen and oxygen atoms in total. The van der Waals surface area contributed by atoms with E-state index in [2.05, 4.69) is 15.1 Å². The summed E-state index contributed by atoms with van der Waals surface area (Å²) in [7, 11) is 3.68. The molecule has 0 radical (unpaired) electrons. The van der Waals surface area contributed by atoms with Gasteiger partial charge in [0.05, 0.1) is 24.5 Å². The lowest BCUT2D eigenvalue weighted by atomic mass is 9.94. The van der Waals surface area contributed by atoms with Crippen LogP contribution in [-0.4, -0.2) is 70.4 Å². The maximum Gasteiger partial charge on any atom is 0.257 e. The monoisotopic (exact) mass is 400 g/mol. The van der Waals surface area contributed by atoms with Crippen molar-refractivity contribution in [3.8, 4) is 5.75 Å². The highest BCUT2D eigenvalue weighted by Gasteiger charge is 2.33. The van der Waals surface area contributed by atoms with Crippen molar-refractivity contribution in [1.29, 1.82) is 0 Å². The van der Waals surface area contributed by atoms with Gasteiger partial charge in [-0.15, -0.1) is 0 Å². The molecular weight excluding hydrogens is 368 g/mol. The summed E-state index contributed by atoms with van der Waals surface area (Å²) in [6, 6.07) is 7.99. The normalized spacial score (nSPS) is 20.0. The van der Waals surface area contributed by atoms with Gasteiger partial charge in [0.15, 0.2) is 0 Å². The predicted molar refractivity (Wildman–Crippen MR) is 112 cm³/mol. The van der Waals surface area contributed by atoms with E-state index in [1.807, 2.05) is 43.1 Å². The van der Waals surface area contributed by atoms with Crippen molar-refractivity contribution in [1.82, 2.24) is 20.0 Å². The minimum atomic E-state index is -0.791. The number of carbonyl (C=O) groups excluding carboxylic acids is 1. The predicted octanol–water partition coefficient (Wildman–Crippen LogP) is 2.47. The zero-order valence-electron chi connectivity index (χ0n) is 17.6. The van der Waals surface area contributed by atoms with Gasteiger partial charge in [0, 0.05) is 31.9 Å². The number of rotatable bonds is 7. The number of nitrogens with zero attached hydrogens (tertiary/aromatic N) is 3. The Balaban J connectivity index is 1.57. The lowest BCUT2D eigenvalue weighted by Gasteiger charge is -2.31. The van der Waals surface area contributed by atoms with E-state index in [-0.39, 0.29) is 5.91 Å². The van der Waals surface area contributed by atoms with Crippen LogP contribution in [0.25, 0.3) is 0 Å². The number of hydrogen-bond donors (Lipinski definition) is 2. The third kappa shape index (κ3) is 5.36. The number of likely N-dealkylation sites (tertiary alicyclic amines) is 1. The molecular formula is C22H32N4O3. The van der Waals surface area contributed by atoms with Crippen molar-refractivity contribution < 1.29 is 14.6 Å². The van der Waals surface area contributed by atoms with Crippen LogP contribution in [0.4, 0.5) is 0 Å². The number of aromatic amines is 1. The van der Waals surface area contributed by atoms with E-state index in [1.165, 1.54) is 5.56 Å². The van der Waals surface area contributed by atoms with Crippen LogP contribution in [-0.2, 0) is 13.0 Å². The number of aliphatic hydroxyl groups is 1. The summed E-state index contributed by atoms with van der Waals surface area (Å²) in [6.45, 7) is 4.55. The maximum absolute atomic E-state index is 12.9. The number of aromatic nitrogens is 2. The number of nitrogens with one attached hydrogen (secondary N) is 1. The largest absolute Gasteiger partial charge is 0.497 e. The van der Waals surface area contributed by atoms with E-state index in [9.17, 15) is 9.90 Å². The molecule has 1 saturated heterocycles. The standard InChI is InChI=1S/C22H32N4O3/c1-4-20-19(14-23-24-20)21(27)26-12-5-10-22(28,11-13-26)16-25(2)15-17-6-8-18(29-3)9-7-17/h6-9,14,28H,4-5,10-13,15-16H2,1-3H3,(H,23,24)/t22-/m0/s1. The van der Waals surface area contributed by atoms with Gasteiger partial charge in [0.1, 0.15) is 5.75 Å². The molecule has 2 N–H and O–H groups in total. The minimum Gasteiger partial charge on any atom is -0.497 e. The van der Waals surface area contributed by atoms with Gasteiger partial charge in [0.2, 0.25) is 0 Å². The first kappa shape index (κ1) is 21.3. The van der Waals surface area contributed by atoms with Crippen molar-refractivity contribution in [3.05, 3.63) is 47.3 Å². The fourth-order valence-electron chi connectivity index (χ4n) is 4.08. The van der Waals surface area contributed by atoms with Crippen molar-refractivity contribution in [3.63, 3.8) is 0 Å². The molecule has 1 atom stereocenters. The van der Waals surface area contributed by atoms with Crippen LogP contribution in [0.2, 0.25) is 0 Å². The lowest BCUT2D eigenvalue weighted by molar-refractivity contribution is -0.00401. The number of H-pyrrole nitrogens is 1. The number of benzene rings is 1. The molecule has 158 valence electrons. The molecule has 1 aromatic heterocycles. The van der Waals surface area contributed by atoms with Crippen molar-refractivity contribution >= 4 is 5.91 Å². The molecule has 0 saturated carbocycles. The van der Waals surface area contributed by atoms with Crippen LogP contribution in [0.15, 0.2) is 30.5 Å². The second kappa shape index (κ2) is 9.41. The number of methoxy groups -OCH3 is 1. The molecule has 0 spiro atoms. The Kier molecular flexibility index (Phi) is 6.92. The average molecular weight is 401 g/mol. The maximum atomic E-state index is 12.9. The number of ether oxygens (including phenoxy) is 1. The van der Waals surface area contributed by atoms with Gasteiger partial charge < -0.3 is 14.7 Å². The second-order valence-corrected chi connectivity index (χ2v) is 8.01. The number of amides is 1. The molecule has 1 aliphatic heterocycles. The topological polar surface area (TPSA) is 81.7 Å². The molecule has 29 heavy (non-hydrogen) atoms. The molecule has 3 rings (SSSR count). The van der Waals surface area contributed by atoms with Crippen molar-refractivity contribution in [2.24, 2.45) is 0 Å².